The van der Waals surface area contributed by atoms with E-state index in [-0.39, 0.29) is 24.3 Å². The fourth-order valence-corrected chi connectivity index (χ4v) is 2.50. The Kier molecular flexibility index (Phi) is 5.78. The monoisotopic (exact) mass is 333 g/mol. The lowest BCUT2D eigenvalue weighted by Gasteiger charge is -2.14. The molecule has 2 rings (SSSR count). The van der Waals surface area contributed by atoms with Crippen LogP contribution in [-0.2, 0) is 16.1 Å². The van der Waals surface area contributed by atoms with E-state index in [0.717, 1.165) is 16.2 Å². The maximum absolute atomic E-state index is 12.2. The van der Waals surface area contributed by atoms with E-state index in [1.807, 2.05) is 26.0 Å². The summed E-state index contributed by atoms with van der Waals surface area (Å²) in [6, 6.07) is 6.24. The highest BCUT2D eigenvalue weighted by Crippen LogP contribution is 2.14. The summed E-state index contributed by atoms with van der Waals surface area (Å²) in [6.45, 7) is 4.00. The van der Waals surface area contributed by atoms with Gasteiger partial charge in [-0.15, -0.1) is 0 Å². The average Bonchev–Trinajstić information content (AvgIpc) is 2.80. The molecule has 7 heteroatoms. The molecule has 0 spiro atoms. The Morgan fingerprint density at radius 1 is 1.29 bits per heavy atom. The van der Waals surface area contributed by atoms with E-state index in [1.165, 1.54) is 0 Å². The number of nitrogens with zero attached hydrogens (tertiary/aromatic N) is 1. The van der Waals surface area contributed by atoms with Gasteiger partial charge >= 0.3 is 6.03 Å². The second kappa shape index (κ2) is 7.81. The lowest BCUT2D eigenvalue weighted by atomic mass is 10.0. The minimum Gasteiger partial charge on any atom is -0.497 e. The number of nitrogens with one attached hydrogen (secondary N) is 2. The highest BCUT2D eigenvalue weighted by Gasteiger charge is 2.38. The van der Waals surface area contributed by atoms with Crippen LogP contribution in [0.2, 0.25) is 0 Å². The first-order valence-corrected chi connectivity index (χ1v) is 7.92. The lowest BCUT2D eigenvalue weighted by molar-refractivity contribution is -0.132. The lowest BCUT2D eigenvalue weighted by Crippen LogP contribution is -2.41. The molecule has 130 valence electrons. The molecule has 7 nitrogen and oxygen atoms in total. The number of ether oxygens (including phenoxy) is 1. The van der Waals surface area contributed by atoms with Crippen molar-refractivity contribution in [1.29, 1.82) is 0 Å². The van der Waals surface area contributed by atoms with Crippen LogP contribution in [0.1, 0.15) is 25.8 Å². The van der Waals surface area contributed by atoms with Crippen molar-refractivity contribution in [1.82, 2.24) is 15.5 Å². The van der Waals surface area contributed by atoms with E-state index in [0.29, 0.717) is 13.0 Å². The highest BCUT2D eigenvalue weighted by atomic mass is 16.5. The number of amides is 4. The zero-order valence-corrected chi connectivity index (χ0v) is 14.2. The molecular formula is C17H23N3O4. The Balaban J connectivity index is 1.85. The molecule has 24 heavy (non-hydrogen) atoms. The van der Waals surface area contributed by atoms with Crippen molar-refractivity contribution in [3.8, 4) is 5.75 Å². The van der Waals surface area contributed by atoms with Crippen molar-refractivity contribution >= 4 is 17.8 Å². The number of carbonyl (C=O) groups excluding carboxylic acids is 3. The normalized spacial score (nSPS) is 17.2. The maximum atomic E-state index is 12.2. The van der Waals surface area contributed by atoms with Gasteiger partial charge in [0.05, 0.1) is 7.11 Å². The Labute approximate surface area is 141 Å². The summed E-state index contributed by atoms with van der Waals surface area (Å²) < 4.78 is 5.07. The fraction of sp³-hybridized carbons (Fsp3) is 0.471. The van der Waals surface area contributed by atoms with E-state index >= 15 is 0 Å². The number of imide groups is 1. The van der Waals surface area contributed by atoms with Crippen LogP contribution in [0.25, 0.3) is 0 Å². The van der Waals surface area contributed by atoms with Crippen molar-refractivity contribution in [3.63, 3.8) is 0 Å². The molecule has 0 unspecified atom stereocenters. The van der Waals surface area contributed by atoms with Gasteiger partial charge < -0.3 is 15.4 Å². The van der Waals surface area contributed by atoms with Crippen LogP contribution in [-0.4, -0.2) is 42.4 Å². The number of urea groups is 1. The first-order chi connectivity index (χ1) is 11.4. The summed E-state index contributed by atoms with van der Waals surface area (Å²) in [5, 5.41) is 5.33. The van der Waals surface area contributed by atoms with Crippen molar-refractivity contribution in [2.45, 2.75) is 32.9 Å². The summed E-state index contributed by atoms with van der Waals surface area (Å²) in [4.78, 5) is 37.0. The Bertz CT molecular complexity index is 613. The molecule has 1 aliphatic rings. The molecule has 1 aromatic rings. The van der Waals surface area contributed by atoms with Crippen LogP contribution in [0.4, 0.5) is 4.79 Å². The molecule has 0 aliphatic carbocycles. The van der Waals surface area contributed by atoms with Gasteiger partial charge in [-0.25, -0.2) is 4.79 Å². The number of carbonyl (C=O) groups is 3. The minimum absolute atomic E-state index is 0.268. The summed E-state index contributed by atoms with van der Waals surface area (Å²) in [5.74, 6) is 0.302. The molecule has 1 saturated heterocycles. The molecule has 1 heterocycles. The Morgan fingerprint density at radius 2 is 1.96 bits per heavy atom. The van der Waals surface area contributed by atoms with Crippen LogP contribution in [0.3, 0.4) is 0 Å². The van der Waals surface area contributed by atoms with Crippen molar-refractivity contribution in [2.75, 3.05) is 13.7 Å². The third-order valence-electron chi connectivity index (χ3n) is 3.76. The largest absolute Gasteiger partial charge is 0.497 e. The van der Waals surface area contributed by atoms with E-state index in [4.69, 9.17) is 4.74 Å². The molecule has 4 amide bonds. The predicted octanol–water partition coefficient (Wildman–Crippen LogP) is 1.28. The second-order valence-corrected chi connectivity index (χ2v) is 6.18. The standard InChI is InChI=1S/C17H23N3O4/c1-11(2)8-14-16(22)20(17(23)19-14)10-15(21)18-9-12-4-6-13(24-3)7-5-12/h4-7,11,14H,8-10H2,1-3H3,(H,18,21)(H,19,23)/t14-/m0/s1. The predicted molar refractivity (Wildman–Crippen MR) is 88.3 cm³/mol. The van der Waals surface area contributed by atoms with Crippen LogP contribution in [0.15, 0.2) is 24.3 Å². The third-order valence-corrected chi connectivity index (χ3v) is 3.76. The van der Waals surface area contributed by atoms with E-state index < -0.39 is 12.1 Å². The van der Waals surface area contributed by atoms with Gasteiger partial charge in [0.2, 0.25) is 5.91 Å². The number of benzene rings is 1. The number of hydrogen-bond acceptors (Lipinski definition) is 4. The number of methoxy groups -OCH3 is 1. The van der Waals surface area contributed by atoms with Gasteiger partial charge in [0.25, 0.3) is 5.91 Å². The van der Waals surface area contributed by atoms with Crippen molar-refractivity contribution in [2.24, 2.45) is 5.92 Å². The van der Waals surface area contributed by atoms with Gasteiger partial charge in [-0.3, -0.25) is 14.5 Å². The molecule has 1 aromatic carbocycles. The van der Waals surface area contributed by atoms with E-state index in [2.05, 4.69) is 10.6 Å². The minimum atomic E-state index is -0.535. The van der Waals surface area contributed by atoms with Gasteiger partial charge in [-0.05, 0) is 30.0 Å². The highest BCUT2D eigenvalue weighted by molar-refractivity contribution is 6.06. The molecule has 1 atom stereocenters. The van der Waals surface area contributed by atoms with Gasteiger partial charge in [0.15, 0.2) is 0 Å². The van der Waals surface area contributed by atoms with Gasteiger partial charge in [0.1, 0.15) is 18.3 Å². The summed E-state index contributed by atoms with van der Waals surface area (Å²) >= 11 is 0. The topological polar surface area (TPSA) is 87.7 Å². The molecule has 2 N–H and O–H groups in total. The molecular weight excluding hydrogens is 310 g/mol. The number of hydrogen-bond donors (Lipinski definition) is 2. The first-order valence-electron chi connectivity index (χ1n) is 7.92. The van der Waals surface area contributed by atoms with Crippen LogP contribution < -0.4 is 15.4 Å². The Morgan fingerprint density at radius 3 is 2.54 bits per heavy atom. The second-order valence-electron chi connectivity index (χ2n) is 6.18. The van der Waals surface area contributed by atoms with Crippen LogP contribution in [0, 0.1) is 5.92 Å². The van der Waals surface area contributed by atoms with E-state index in [1.54, 1.807) is 19.2 Å². The smallest absolute Gasteiger partial charge is 0.325 e. The quantitative estimate of drug-likeness (QED) is 0.736. The van der Waals surface area contributed by atoms with Crippen LogP contribution >= 0.6 is 0 Å². The molecule has 0 aromatic heterocycles. The SMILES string of the molecule is COc1ccc(CNC(=O)CN2C(=O)N[C@@H](CC(C)C)C2=O)cc1. The maximum Gasteiger partial charge on any atom is 0.325 e. The number of rotatable bonds is 7. The van der Waals surface area contributed by atoms with Crippen molar-refractivity contribution < 1.29 is 19.1 Å². The summed E-state index contributed by atoms with van der Waals surface area (Å²) in [6.07, 6.45) is 0.564. The zero-order chi connectivity index (χ0) is 17.7. The summed E-state index contributed by atoms with van der Waals surface area (Å²) in [7, 11) is 1.58. The average molecular weight is 333 g/mol. The van der Waals surface area contributed by atoms with Gasteiger partial charge in [-0.1, -0.05) is 26.0 Å². The molecule has 1 fully saturated rings. The molecule has 0 saturated carbocycles. The van der Waals surface area contributed by atoms with Crippen molar-refractivity contribution in [3.05, 3.63) is 29.8 Å². The summed E-state index contributed by atoms with van der Waals surface area (Å²) in [5.41, 5.74) is 0.902. The zero-order valence-electron chi connectivity index (χ0n) is 14.2. The molecule has 1 aliphatic heterocycles. The molecule has 0 radical (unpaired) electrons. The fourth-order valence-electron chi connectivity index (χ4n) is 2.50. The van der Waals surface area contributed by atoms with Gasteiger partial charge in [-0.2, -0.15) is 0 Å². The Hall–Kier alpha value is -2.57. The van der Waals surface area contributed by atoms with Crippen LogP contribution in [0.5, 0.6) is 5.75 Å². The first kappa shape index (κ1) is 17.8. The third kappa shape index (κ3) is 4.47. The van der Waals surface area contributed by atoms with Gasteiger partial charge in [0, 0.05) is 6.54 Å². The molecule has 0 bridgehead atoms. The van der Waals surface area contributed by atoms with E-state index in [9.17, 15) is 14.4 Å².